The molecule has 1 aliphatic heterocycles. The number of H-pyrrole nitrogens is 1. The number of aromatic amines is 1. The molecular formula is C28H36N6OS. The number of aromatic nitrogens is 4. The van der Waals surface area contributed by atoms with Gasteiger partial charge in [0.2, 0.25) is 0 Å². The quantitative estimate of drug-likeness (QED) is 0.302. The van der Waals surface area contributed by atoms with Gasteiger partial charge in [-0.3, -0.25) is 10.00 Å². The summed E-state index contributed by atoms with van der Waals surface area (Å²) in [5.41, 5.74) is 7.01. The van der Waals surface area contributed by atoms with Gasteiger partial charge in [0.25, 0.3) is 0 Å². The lowest BCUT2D eigenvalue weighted by atomic mass is 9.86. The van der Waals surface area contributed by atoms with E-state index in [9.17, 15) is 0 Å². The first kappa shape index (κ1) is 24.9. The van der Waals surface area contributed by atoms with Crippen molar-refractivity contribution in [3.05, 3.63) is 53.5 Å². The highest BCUT2D eigenvalue weighted by molar-refractivity contribution is 7.22. The van der Waals surface area contributed by atoms with Crippen LogP contribution in [0.5, 0.6) is 0 Å². The molecule has 2 unspecified atom stereocenters. The Labute approximate surface area is 217 Å². The van der Waals surface area contributed by atoms with Crippen LogP contribution in [0.4, 0.5) is 10.9 Å². The highest BCUT2D eigenvalue weighted by Gasteiger charge is 2.23. The van der Waals surface area contributed by atoms with Crippen molar-refractivity contribution >= 4 is 32.5 Å². The van der Waals surface area contributed by atoms with Gasteiger partial charge in [0, 0.05) is 37.2 Å². The predicted molar refractivity (Wildman–Crippen MR) is 148 cm³/mol. The van der Waals surface area contributed by atoms with E-state index in [2.05, 4.69) is 70.4 Å². The minimum Gasteiger partial charge on any atom is -0.383 e. The van der Waals surface area contributed by atoms with Gasteiger partial charge in [0.05, 0.1) is 23.0 Å². The van der Waals surface area contributed by atoms with Crippen molar-refractivity contribution in [2.45, 2.75) is 58.4 Å². The van der Waals surface area contributed by atoms with Gasteiger partial charge in [-0.1, -0.05) is 23.8 Å². The van der Waals surface area contributed by atoms with Crippen LogP contribution in [0.15, 0.2) is 36.7 Å². The van der Waals surface area contributed by atoms with Crippen LogP contribution in [0.3, 0.4) is 0 Å². The predicted octanol–water partition coefficient (Wildman–Crippen LogP) is 6.44. The zero-order valence-electron chi connectivity index (χ0n) is 21.7. The molecule has 8 heteroatoms. The number of benzene rings is 1. The zero-order chi connectivity index (χ0) is 25.1. The topological polar surface area (TPSA) is 79.0 Å². The molecule has 4 heterocycles. The van der Waals surface area contributed by atoms with Crippen molar-refractivity contribution in [2.75, 3.05) is 32.1 Å². The van der Waals surface area contributed by atoms with Crippen molar-refractivity contribution in [1.29, 1.82) is 0 Å². The van der Waals surface area contributed by atoms with E-state index in [1.54, 1.807) is 18.4 Å². The Hall–Kier alpha value is -2.81. The van der Waals surface area contributed by atoms with Gasteiger partial charge >= 0.3 is 0 Å². The number of fused-ring (bicyclic) bond motifs is 1. The van der Waals surface area contributed by atoms with E-state index in [1.807, 2.05) is 12.4 Å². The van der Waals surface area contributed by atoms with E-state index in [0.717, 1.165) is 47.3 Å². The summed E-state index contributed by atoms with van der Waals surface area (Å²) < 4.78 is 6.53. The lowest BCUT2D eigenvalue weighted by Crippen LogP contribution is -2.38. The van der Waals surface area contributed by atoms with Crippen molar-refractivity contribution in [2.24, 2.45) is 0 Å². The summed E-state index contributed by atoms with van der Waals surface area (Å²) in [5.74, 6) is 1.40. The number of thiazole rings is 1. The molecule has 0 bridgehead atoms. The number of rotatable bonds is 7. The number of nitrogens with zero attached hydrogens (tertiary/aromatic N) is 4. The molecule has 5 rings (SSSR count). The van der Waals surface area contributed by atoms with Crippen LogP contribution in [0.25, 0.3) is 21.3 Å². The third kappa shape index (κ3) is 5.31. The van der Waals surface area contributed by atoms with Gasteiger partial charge in [0.15, 0.2) is 5.13 Å². The Bertz CT molecular complexity index is 1310. The largest absolute Gasteiger partial charge is 0.383 e. The molecule has 2 atom stereocenters. The average molecular weight is 505 g/mol. The van der Waals surface area contributed by atoms with Gasteiger partial charge in [-0.2, -0.15) is 5.10 Å². The number of likely N-dealkylation sites (tertiary alicyclic amines) is 1. The average Bonchev–Trinajstić information content (AvgIpc) is 3.48. The number of pyridine rings is 1. The number of methoxy groups -OCH3 is 1. The molecule has 4 aromatic rings. The molecule has 7 nitrogen and oxygen atoms in total. The lowest BCUT2D eigenvalue weighted by Gasteiger charge is -2.34. The fraction of sp³-hybridized carbons (Fsp3) is 0.464. The number of ether oxygens (including phenoxy) is 1. The molecule has 0 amide bonds. The number of hydrogen-bond donors (Lipinski definition) is 2. The molecule has 0 saturated carbocycles. The maximum absolute atomic E-state index is 5.34. The van der Waals surface area contributed by atoms with Crippen molar-refractivity contribution in [3.63, 3.8) is 0 Å². The highest BCUT2D eigenvalue weighted by atomic mass is 32.1. The van der Waals surface area contributed by atoms with Gasteiger partial charge in [0.1, 0.15) is 5.82 Å². The Morgan fingerprint density at radius 3 is 2.89 bits per heavy atom. The van der Waals surface area contributed by atoms with Gasteiger partial charge in [-0.05, 0) is 87.4 Å². The van der Waals surface area contributed by atoms with Crippen LogP contribution < -0.4 is 5.32 Å². The second-order valence-electron chi connectivity index (χ2n) is 9.92. The fourth-order valence-electron chi connectivity index (χ4n) is 5.42. The third-order valence-corrected chi connectivity index (χ3v) is 8.60. The van der Waals surface area contributed by atoms with E-state index in [0.29, 0.717) is 12.0 Å². The summed E-state index contributed by atoms with van der Waals surface area (Å²) in [4.78, 5) is 12.1. The Balaban J connectivity index is 1.35. The molecule has 1 fully saturated rings. The first-order valence-electron chi connectivity index (χ1n) is 12.9. The molecule has 2 N–H and O–H groups in total. The summed E-state index contributed by atoms with van der Waals surface area (Å²) in [6, 6.07) is 9.18. The van der Waals surface area contributed by atoms with E-state index < -0.39 is 0 Å². The van der Waals surface area contributed by atoms with E-state index in [-0.39, 0.29) is 0 Å². The molecule has 1 saturated heterocycles. The SMILES string of the molecule is COCCN1CCCCC(c2ccnc(Nc3nc4ccc(-c5cn[nH]c5C)c(C)c4s3)c2)CC1C. The minimum absolute atomic E-state index is 0.535. The molecular weight excluding hydrogens is 468 g/mol. The Morgan fingerprint density at radius 2 is 2.08 bits per heavy atom. The molecule has 190 valence electrons. The van der Waals surface area contributed by atoms with Crippen LogP contribution in [0.2, 0.25) is 0 Å². The lowest BCUT2D eigenvalue weighted by molar-refractivity contribution is 0.110. The molecule has 0 spiro atoms. The zero-order valence-corrected chi connectivity index (χ0v) is 22.5. The highest BCUT2D eigenvalue weighted by Crippen LogP contribution is 2.37. The number of anilines is 2. The summed E-state index contributed by atoms with van der Waals surface area (Å²) in [7, 11) is 1.79. The van der Waals surface area contributed by atoms with Crippen LogP contribution in [0, 0.1) is 13.8 Å². The van der Waals surface area contributed by atoms with E-state index in [1.165, 1.54) is 47.2 Å². The summed E-state index contributed by atoms with van der Waals surface area (Å²) in [5, 5.41) is 11.6. The Kier molecular flexibility index (Phi) is 7.65. The normalized spacial score (nSPS) is 19.3. The maximum atomic E-state index is 5.34. The standard InChI is InChI=1S/C28H36N6OS/c1-18-15-21(7-5-6-12-34(18)13-14-35-4)22-10-11-29-26(16-22)32-28-31-25-9-8-23(19(2)27(25)36-28)24-17-30-33-20(24)3/h8-11,16-18,21H,5-7,12-15H2,1-4H3,(H,30,33)(H,29,31,32). The second-order valence-corrected chi connectivity index (χ2v) is 10.9. The second kappa shape index (κ2) is 11.1. The molecule has 0 radical (unpaired) electrons. The first-order chi connectivity index (χ1) is 17.5. The Morgan fingerprint density at radius 1 is 1.19 bits per heavy atom. The van der Waals surface area contributed by atoms with Crippen LogP contribution >= 0.6 is 11.3 Å². The van der Waals surface area contributed by atoms with Crippen molar-refractivity contribution in [1.82, 2.24) is 25.1 Å². The third-order valence-electron chi connectivity index (χ3n) is 7.50. The molecule has 0 aliphatic carbocycles. The first-order valence-corrected chi connectivity index (χ1v) is 13.7. The summed E-state index contributed by atoms with van der Waals surface area (Å²) >= 11 is 1.68. The monoisotopic (exact) mass is 504 g/mol. The molecule has 3 aromatic heterocycles. The number of nitrogens with one attached hydrogen (secondary N) is 2. The van der Waals surface area contributed by atoms with Crippen LogP contribution in [-0.2, 0) is 4.74 Å². The van der Waals surface area contributed by atoms with Crippen LogP contribution in [0.1, 0.15) is 55.3 Å². The molecule has 36 heavy (non-hydrogen) atoms. The fourth-order valence-corrected chi connectivity index (χ4v) is 6.39. The molecule has 1 aliphatic rings. The summed E-state index contributed by atoms with van der Waals surface area (Å²) in [6.07, 6.45) is 8.70. The van der Waals surface area contributed by atoms with E-state index in [4.69, 9.17) is 9.72 Å². The van der Waals surface area contributed by atoms with Crippen molar-refractivity contribution in [3.8, 4) is 11.1 Å². The number of hydrogen-bond acceptors (Lipinski definition) is 7. The van der Waals surface area contributed by atoms with E-state index >= 15 is 0 Å². The minimum atomic E-state index is 0.535. The smallest absolute Gasteiger partial charge is 0.189 e. The van der Waals surface area contributed by atoms with Crippen molar-refractivity contribution < 1.29 is 4.74 Å². The van der Waals surface area contributed by atoms with Gasteiger partial charge in [-0.25, -0.2) is 9.97 Å². The molecule has 1 aromatic carbocycles. The number of aryl methyl sites for hydroxylation is 2. The van der Waals surface area contributed by atoms with Crippen LogP contribution in [-0.4, -0.2) is 57.9 Å². The maximum Gasteiger partial charge on any atom is 0.189 e. The summed E-state index contributed by atoms with van der Waals surface area (Å²) in [6.45, 7) is 9.54. The van der Waals surface area contributed by atoms with Gasteiger partial charge in [-0.15, -0.1) is 0 Å². The van der Waals surface area contributed by atoms with Gasteiger partial charge < -0.3 is 10.1 Å².